The number of hydrogen-bond acceptors (Lipinski definition) is 2. The van der Waals surface area contributed by atoms with Crippen LogP contribution >= 0.6 is 0 Å². The molecule has 44 valence electrons. The standard InChI is InChI=1S/C6H9NO/c8-7-5-6-3-1-2-4-6/h3,5,8H,1-2,4H2/b7-5+. The van der Waals surface area contributed by atoms with Gasteiger partial charge in [0.15, 0.2) is 0 Å². The average molecular weight is 111 g/mol. The van der Waals surface area contributed by atoms with E-state index in [0.717, 1.165) is 18.4 Å². The first-order valence-electron chi connectivity index (χ1n) is 2.80. The van der Waals surface area contributed by atoms with Crippen molar-refractivity contribution in [2.24, 2.45) is 5.16 Å². The quantitative estimate of drug-likeness (QED) is 0.311. The molecule has 0 amide bonds. The fourth-order valence-electron chi connectivity index (χ4n) is 0.887. The summed E-state index contributed by atoms with van der Waals surface area (Å²) in [4.78, 5) is 0. The molecule has 0 atom stereocenters. The van der Waals surface area contributed by atoms with E-state index in [1.807, 2.05) is 0 Å². The van der Waals surface area contributed by atoms with Gasteiger partial charge in [-0.25, -0.2) is 0 Å². The predicted octanol–water partition coefficient (Wildman–Crippen LogP) is 1.56. The smallest absolute Gasteiger partial charge is 0.0690 e. The maximum Gasteiger partial charge on any atom is 0.0690 e. The lowest BCUT2D eigenvalue weighted by molar-refractivity contribution is 0.321. The van der Waals surface area contributed by atoms with Gasteiger partial charge in [0.25, 0.3) is 0 Å². The first-order chi connectivity index (χ1) is 3.93. The minimum atomic E-state index is 1.07. The van der Waals surface area contributed by atoms with Crippen LogP contribution in [-0.2, 0) is 0 Å². The molecule has 8 heavy (non-hydrogen) atoms. The Morgan fingerprint density at radius 1 is 1.75 bits per heavy atom. The van der Waals surface area contributed by atoms with Gasteiger partial charge in [0.05, 0.1) is 6.21 Å². The topological polar surface area (TPSA) is 32.6 Å². The Labute approximate surface area is 48.5 Å². The summed E-state index contributed by atoms with van der Waals surface area (Å²) in [5.41, 5.74) is 1.16. The zero-order valence-corrected chi connectivity index (χ0v) is 4.67. The Balaban J connectivity index is 2.45. The number of allylic oxidation sites excluding steroid dienone is 2. The highest BCUT2D eigenvalue weighted by atomic mass is 16.4. The van der Waals surface area contributed by atoms with E-state index < -0.39 is 0 Å². The zero-order chi connectivity index (χ0) is 5.82. The van der Waals surface area contributed by atoms with Gasteiger partial charge >= 0.3 is 0 Å². The third-order valence-corrected chi connectivity index (χ3v) is 1.30. The summed E-state index contributed by atoms with van der Waals surface area (Å²) in [6.45, 7) is 0. The van der Waals surface area contributed by atoms with Crippen LogP contribution in [0.4, 0.5) is 0 Å². The van der Waals surface area contributed by atoms with E-state index in [2.05, 4.69) is 11.2 Å². The molecule has 0 fully saturated rings. The van der Waals surface area contributed by atoms with Gasteiger partial charge < -0.3 is 5.21 Å². The van der Waals surface area contributed by atoms with Crippen molar-refractivity contribution in [1.29, 1.82) is 0 Å². The van der Waals surface area contributed by atoms with Crippen molar-refractivity contribution in [2.75, 3.05) is 0 Å². The molecule has 0 aromatic rings. The van der Waals surface area contributed by atoms with E-state index in [0.29, 0.717) is 0 Å². The Bertz CT molecular complexity index is 126. The lowest BCUT2D eigenvalue weighted by Gasteiger charge is -1.83. The zero-order valence-electron chi connectivity index (χ0n) is 4.67. The van der Waals surface area contributed by atoms with Crippen LogP contribution in [0.25, 0.3) is 0 Å². The van der Waals surface area contributed by atoms with Gasteiger partial charge in [-0.1, -0.05) is 11.2 Å². The van der Waals surface area contributed by atoms with E-state index in [4.69, 9.17) is 5.21 Å². The van der Waals surface area contributed by atoms with Crippen LogP contribution in [0, 0.1) is 0 Å². The van der Waals surface area contributed by atoms with E-state index in [-0.39, 0.29) is 0 Å². The fraction of sp³-hybridized carbons (Fsp3) is 0.500. The highest BCUT2D eigenvalue weighted by molar-refractivity contribution is 5.78. The molecule has 1 aliphatic carbocycles. The van der Waals surface area contributed by atoms with Gasteiger partial charge in [-0.15, -0.1) is 0 Å². The molecule has 0 radical (unpaired) electrons. The lowest BCUT2D eigenvalue weighted by Crippen LogP contribution is -1.76. The highest BCUT2D eigenvalue weighted by Crippen LogP contribution is 2.14. The van der Waals surface area contributed by atoms with Crippen molar-refractivity contribution in [3.63, 3.8) is 0 Å². The molecular weight excluding hydrogens is 102 g/mol. The summed E-state index contributed by atoms with van der Waals surface area (Å²) in [7, 11) is 0. The van der Waals surface area contributed by atoms with Crippen molar-refractivity contribution in [2.45, 2.75) is 19.3 Å². The van der Waals surface area contributed by atoms with E-state index in [1.54, 1.807) is 0 Å². The van der Waals surface area contributed by atoms with E-state index in [9.17, 15) is 0 Å². The van der Waals surface area contributed by atoms with Crippen LogP contribution in [0.3, 0.4) is 0 Å². The van der Waals surface area contributed by atoms with Gasteiger partial charge in [-0.3, -0.25) is 0 Å². The second-order valence-electron chi connectivity index (χ2n) is 1.92. The first kappa shape index (κ1) is 5.35. The molecule has 0 bridgehead atoms. The fourth-order valence-corrected chi connectivity index (χ4v) is 0.887. The van der Waals surface area contributed by atoms with Crippen LogP contribution in [0.2, 0.25) is 0 Å². The summed E-state index contributed by atoms with van der Waals surface area (Å²) < 4.78 is 0. The van der Waals surface area contributed by atoms with Crippen LogP contribution in [0.1, 0.15) is 19.3 Å². The Morgan fingerprint density at radius 2 is 2.62 bits per heavy atom. The Hall–Kier alpha value is -0.790. The van der Waals surface area contributed by atoms with Gasteiger partial charge in [0, 0.05) is 0 Å². The second-order valence-corrected chi connectivity index (χ2v) is 1.92. The van der Waals surface area contributed by atoms with Crippen molar-refractivity contribution in [3.8, 4) is 0 Å². The normalized spacial score (nSPS) is 19.8. The van der Waals surface area contributed by atoms with Crippen LogP contribution in [0.15, 0.2) is 16.8 Å². The second kappa shape index (κ2) is 2.50. The van der Waals surface area contributed by atoms with Gasteiger partial charge in [0.2, 0.25) is 0 Å². The van der Waals surface area contributed by atoms with Crippen LogP contribution in [-0.4, -0.2) is 11.4 Å². The lowest BCUT2D eigenvalue weighted by atomic mass is 10.3. The van der Waals surface area contributed by atoms with Crippen LogP contribution < -0.4 is 0 Å². The minimum absolute atomic E-state index is 1.07. The molecule has 0 saturated carbocycles. The summed E-state index contributed by atoms with van der Waals surface area (Å²) >= 11 is 0. The maximum atomic E-state index is 8.06. The minimum Gasteiger partial charge on any atom is -0.411 e. The average Bonchev–Trinajstić information content (AvgIpc) is 2.19. The molecule has 0 aliphatic heterocycles. The third kappa shape index (κ3) is 1.09. The molecule has 0 spiro atoms. The van der Waals surface area contributed by atoms with Gasteiger partial charge in [0.1, 0.15) is 0 Å². The van der Waals surface area contributed by atoms with Crippen molar-refractivity contribution in [3.05, 3.63) is 11.6 Å². The highest BCUT2D eigenvalue weighted by Gasteiger charge is 1.99. The number of nitrogens with zero attached hydrogens (tertiary/aromatic N) is 1. The molecule has 2 nitrogen and oxygen atoms in total. The Morgan fingerprint density at radius 3 is 3.12 bits per heavy atom. The number of hydrogen-bond donors (Lipinski definition) is 1. The SMILES string of the molecule is O/N=C/C1=CCCC1. The summed E-state index contributed by atoms with van der Waals surface area (Å²) in [6.07, 6.45) is 7.03. The molecule has 1 rings (SSSR count). The monoisotopic (exact) mass is 111 g/mol. The molecule has 0 unspecified atom stereocenters. The molecule has 0 aromatic heterocycles. The molecule has 1 aliphatic rings. The first-order valence-corrected chi connectivity index (χ1v) is 2.80. The van der Waals surface area contributed by atoms with Crippen molar-refractivity contribution in [1.82, 2.24) is 0 Å². The maximum absolute atomic E-state index is 8.06. The molecular formula is C6H9NO. The molecule has 0 heterocycles. The predicted molar refractivity (Wildman–Crippen MR) is 32.2 cm³/mol. The van der Waals surface area contributed by atoms with Crippen molar-refractivity contribution >= 4 is 6.21 Å². The summed E-state index contributed by atoms with van der Waals surface area (Å²) in [5.74, 6) is 0. The molecule has 0 aromatic carbocycles. The van der Waals surface area contributed by atoms with Crippen LogP contribution in [0.5, 0.6) is 0 Å². The number of oxime groups is 1. The van der Waals surface area contributed by atoms with E-state index >= 15 is 0 Å². The molecule has 1 N–H and O–H groups in total. The Kier molecular flexibility index (Phi) is 1.67. The van der Waals surface area contributed by atoms with E-state index in [1.165, 1.54) is 12.6 Å². The number of rotatable bonds is 1. The van der Waals surface area contributed by atoms with Crippen molar-refractivity contribution < 1.29 is 5.21 Å². The summed E-state index contributed by atoms with van der Waals surface area (Å²) in [6, 6.07) is 0. The third-order valence-electron chi connectivity index (χ3n) is 1.30. The largest absolute Gasteiger partial charge is 0.411 e. The summed E-state index contributed by atoms with van der Waals surface area (Å²) in [5, 5.41) is 11.0. The van der Waals surface area contributed by atoms with Gasteiger partial charge in [-0.05, 0) is 24.8 Å². The van der Waals surface area contributed by atoms with Gasteiger partial charge in [-0.2, -0.15) is 0 Å². The molecule has 0 saturated heterocycles. The molecule has 2 heteroatoms.